The predicted molar refractivity (Wildman–Crippen MR) is 94.2 cm³/mol. The Morgan fingerprint density at radius 3 is 2.48 bits per heavy atom. The number of amides is 1. The summed E-state index contributed by atoms with van der Waals surface area (Å²) in [6.07, 6.45) is 8.26. The van der Waals surface area contributed by atoms with Gasteiger partial charge in [0.1, 0.15) is 0 Å². The summed E-state index contributed by atoms with van der Waals surface area (Å²) in [4.78, 5) is 14.9. The molecule has 3 nitrogen and oxygen atoms in total. The maximum Gasteiger partial charge on any atom is 0.223 e. The second-order valence-corrected chi connectivity index (χ2v) is 7.32. The maximum absolute atomic E-state index is 12.5. The van der Waals surface area contributed by atoms with Crippen LogP contribution >= 0.6 is 0 Å². The van der Waals surface area contributed by atoms with E-state index in [1.54, 1.807) is 0 Å². The molecule has 0 spiro atoms. The molecular weight excluding hydrogens is 284 g/mol. The first kappa shape index (κ1) is 16.5. The van der Waals surface area contributed by atoms with Crippen molar-refractivity contribution in [3.63, 3.8) is 0 Å². The lowest BCUT2D eigenvalue weighted by Gasteiger charge is -2.33. The molecule has 1 saturated carbocycles. The molecule has 0 bridgehead atoms. The number of piperidine rings is 1. The van der Waals surface area contributed by atoms with Gasteiger partial charge in [-0.25, -0.2) is 0 Å². The molecule has 2 fully saturated rings. The lowest BCUT2D eigenvalue weighted by molar-refractivity contribution is -0.127. The molecule has 1 aliphatic carbocycles. The Balaban J connectivity index is 1.44. The van der Waals surface area contributed by atoms with Crippen molar-refractivity contribution in [2.24, 2.45) is 5.92 Å². The van der Waals surface area contributed by atoms with Gasteiger partial charge in [0.2, 0.25) is 5.91 Å². The van der Waals surface area contributed by atoms with Crippen molar-refractivity contribution in [1.29, 1.82) is 0 Å². The van der Waals surface area contributed by atoms with E-state index in [4.69, 9.17) is 0 Å². The van der Waals surface area contributed by atoms with Gasteiger partial charge in [-0.1, -0.05) is 43.5 Å². The summed E-state index contributed by atoms with van der Waals surface area (Å²) in [5.41, 5.74) is 2.78. The van der Waals surface area contributed by atoms with Crippen LogP contribution in [0, 0.1) is 12.8 Å². The zero-order valence-corrected chi connectivity index (χ0v) is 14.4. The van der Waals surface area contributed by atoms with Gasteiger partial charge >= 0.3 is 0 Å². The fraction of sp³-hybridized carbons (Fsp3) is 0.650. The van der Waals surface area contributed by atoms with Crippen molar-refractivity contribution in [3.8, 4) is 0 Å². The van der Waals surface area contributed by atoms with Crippen LogP contribution in [0.2, 0.25) is 0 Å². The molecule has 126 valence electrons. The van der Waals surface area contributed by atoms with Crippen LogP contribution in [-0.4, -0.2) is 29.9 Å². The number of rotatable bonds is 4. The van der Waals surface area contributed by atoms with Gasteiger partial charge in [0.15, 0.2) is 0 Å². The summed E-state index contributed by atoms with van der Waals surface area (Å²) in [5, 5.41) is 3.30. The van der Waals surface area contributed by atoms with Crippen LogP contribution in [0.4, 0.5) is 0 Å². The average molecular weight is 314 g/mol. The van der Waals surface area contributed by atoms with Crippen molar-refractivity contribution in [1.82, 2.24) is 10.2 Å². The SMILES string of the molecule is Cc1ccccc1CN1CCC(C(=O)NC2CCCCC2)CC1. The van der Waals surface area contributed by atoms with E-state index in [-0.39, 0.29) is 5.92 Å². The fourth-order valence-electron chi connectivity index (χ4n) is 3.95. The van der Waals surface area contributed by atoms with E-state index in [9.17, 15) is 4.79 Å². The first-order chi connectivity index (χ1) is 11.2. The first-order valence-electron chi connectivity index (χ1n) is 9.29. The minimum Gasteiger partial charge on any atom is -0.353 e. The van der Waals surface area contributed by atoms with E-state index in [2.05, 4.69) is 41.4 Å². The first-order valence-corrected chi connectivity index (χ1v) is 9.29. The summed E-state index contributed by atoms with van der Waals surface area (Å²) in [5.74, 6) is 0.539. The van der Waals surface area contributed by atoms with Gasteiger partial charge in [-0.15, -0.1) is 0 Å². The molecule has 0 unspecified atom stereocenters. The minimum atomic E-state index is 0.227. The predicted octanol–water partition coefficient (Wildman–Crippen LogP) is 3.66. The van der Waals surface area contributed by atoms with E-state index in [0.717, 1.165) is 32.5 Å². The van der Waals surface area contributed by atoms with E-state index in [1.165, 1.54) is 43.2 Å². The number of benzene rings is 1. The molecule has 0 atom stereocenters. The van der Waals surface area contributed by atoms with Crippen LogP contribution in [0.1, 0.15) is 56.1 Å². The minimum absolute atomic E-state index is 0.227. The van der Waals surface area contributed by atoms with E-state index >= 15 is 0 Å². The molecule has 1 aliphatic heterocycles. The van der Waals surface area contributed by atoms with Crippen LogP contribution < -0.4 is 5.32 Å². The van der Waals surface area contributed by atoms with Gasteiger partial charge in [-0.2, -0.15) is 0 Å². The Bertz CT molecular complexity index is 514. The molecule has 1 aromatic carbocycles. The van der Waals surface area contributed by atoms with E-state index < -0.39 is 0 Å². The normalized spacial score (nSPS) is 21.3. The summed E-state index contributed by atoms with van der Waals surface area (Å²) < 4.78 is 0. The van der Waals surface area contributed by atoms with Crippen LogP contribution in [-0.2, 0) is 11.3 Å². The standard InChI is InChI=1S/C20H30N2O/c1-16-7-5-6-8-18(16)15-22-13-11-17(12-14-22)20(23)21-19-9-3-2-4-10-19/h5-8,17,19H,2-4,9-15H2,1H3,(H,21,23). The van der Waals surface area contributed by atoms with Gasteiger partial charge in [-0.3, -0.25) is 9.69 Å². The van der Waals surface area contributed by atoms with Gasteiger partial charge < -0.3 is 5.32 Å². The molecule has 3 rings (SSSR count). The second-order valence-electron chi connectivity index (χ2n) is 7.32. The lowest BCUT2D eigenvalue weighted by atomic mass is 9.92. The quantitative estimate of drug-likeness (QED) is 0.920. The fourth-order valence-corrected chi connectivity index (χ4v) is 3.95. The van der Waals surface area contributed by atoms with E-state index in [0.29, 0.717) is 11.9 Å². The zero-order valence-electron chi connectivity index (χ0n) is 14.4. The number of nitrogens with zero attached hydrogens (tertiary/aromatic N) is 1. The molecule has 3 heteroatoms. The summed E-state index contributed by atoms with van der Waals surface area (Å²) >= 11 is 0. The highest BCUT2D eigenvalue weighted by Gasteiger charge is 2.27. The van der Waals surface area contributed by atoms with Crippen molar-refractivity contribution >= 4 is 5.91 Å². The molecular formula is C20H30N2O. The monoisotopic (exact) mass is 314 g/mol. The lowest BCUT2D eigenvalue weighted by Crippen LogP contribution is -2.44. The second kappa shape index (κ2) is 7.96. The van der Waals surface area contributed by atoms with Gasteiger partial charge in [0.25, 0.3) is 0 Å². The van der Waals surface area contributed by atoms with Crippen molar-refractivity contribution in [3.05, 3.63) is 35.4 Å². The van der Waals surface area contributed by atoms with Gasteiger partial charge in [0, 0.05) is 18.5 Å². The Hall–Kier alpha value is -1.35. The highest BCUT2D eigenvalue weighted by Crippen LogP contribution is 2.22. The number of aryl methyl sites for hydroxylation is 1. The molecule has 1 heterocycles. The molecule has 0 radical (unpaired) electrons. The van der Waals surface area contributed by atoms with Crippen LogP contribution in [0.3, 0.4) is 0 Å². The summed E-state index contributed by atoms with van der Waals surface area (Å²) in [7, 11) is 0. The Morgan fingerprint density at radius 1 is 1.09 bits per heavy atom. The van der Waals surface area contributed by atoms with E-state index in [1.807, 2.05) is 0 Å². The average Bonchev–Trinajstić information content (AvgIpc) is 2.58. The zero-order chi connectivity index (χ0) is 16.1. The van der Waals surface area contributed by atoms with Crippen LogP contribution in [0.15, 0.2) is 24.3 Å². The van der Waals surface area contributed by atoms with Crippen molar-refractivity contribution < 1.29 is 4.79 Å². The van der Waals surface area contributed by atoms with Crippen LogP contribution in [0.5, 0.6) is 0 Å². The maximum atomic E-state index is 12.5. The van der Waals surface area contributed by atoms with Crippen molar-refractivity contribution in [2.75, 3.05) is 13.1 Å². The summed E-state index contributed by atoms with van der Waals surface area (Å²) in [6.45, 7) is 5.28. The third-order valence-corrected chi connectivity index (χ3v) is 5.57. The topological polar surface area (TPSA) is 32.3 Å². The smallest absolute Gasteiger partial charge is 0.223 e. The third-order valence-electron chi connectivity index (χ3n) is 5.57. The molecule has 1 N–H and O–H groups in total. The molecule has 1 aromatic rings. The Morgan fingerprint density at radius 2 is 1.78 bits per heavy atom. The number of hydrogen-bond donors (Lipinski definition) is 1. The van der Waals surface area contributed by atoms with Gasteiger partial charge in [-0.05, 0) is 56.8 Å². The molecule has 1 amide bonds. The number of hydrogen-bond acceptors (Lipinski definition) is 2. The van der Waals surface area contributed by atoms with Crippen LogP contribution in [0.25, 0.3) is 0 Å². The Kier molecular flexibility index (Phi) is 5.71. The highest BCUT2D eigenvalue weighted by molar-refractivity contribution is 5.79. The van der Waals surface area contributed by atoms with Crippen molar-refractivity contribution in [2.45, 2.75) is 64.5 Å². The number of carbonyl (C=O) groups is 1. The highest BCUT2D eigenvalue weighted by atomic mass is 16.1. The Labute approximate surface area is 140 Å². The number of likely N-dealkylation sites (tertiary alicyclic amines) is 1. The number of nitrogens with one attached hydrogen (secondary N) is 1. The molecule has 2 aliphatic rings. The third kappa shape index (κ3) is 4.57. The largest absolute Gasteiger partial charge is 0.353 e. The molecule has 1 saturated heterocycles. The summed E-state index contributed by atoms with van der Waals surface area (Å²) in [6, 6.07) is 9.06. The molecule has 0 aromatic heterocycles. The number of carbonyl (C=O) groups excluding carboxylic acids is 1. The van der Waals surface area contributed by atoms with Gasteiger partial charge in [0.05, 0.1) is 0 Å². The molecule has 23 heavy (non-hydrogen) atoms.